The number of rotatable bonds is 9. The van der Waals surface area contributed by atoms with Gasteiger partial charge in [-0.25, -0.2) is 9.97 Å². The zero-order chi connectivity index (χ0) is 66.7. The van der Waals surface area contributed by atoms with Crippen molar-refractivity contribution in [2.75, 3.05) is 0 Å². The van der Waals surface area contributed by atoms with Crippen LogP contribution < -0.4 is 0 Å². The third-order valence-electron chi connectivity index (χ3n) is 21.1. The summed E-state index contributed by atoms with van der Waals surface area (Å²) in [4.78, 5) is 11.0. The molecule has 0 bridgehead atoms. The number of para-hydroxylation sites is 3. The van der Waals surface area contributed by atoms with E-state index in [1.807, 2.05) is 34.0 Å². The standard InChI is InChI=1S/C94H55N5S3/c1-7-19-82-68(13-1)74-49-59(62-34-46-91-77(52-62)71-16-4-10-22-88(71)100-91)31-43-85(74)97(82)65-37-25-56(26-38-65)80-55-81(57-27-39-66(40-28-57)98-83-20-8-2-14-69(83)75-50-60(32-44-86(75)98)63-35-47-92-78(53-63)72-17-5-11-23-89(72)101-92)96-94(95-80)58-29-41-67(42-30-58)99-84-21-9-3-15-70(84)76-51-61(33-45-87(76)99)64-36-48-93-79(54-64)73-18-6-12-24-90(73)102-93/h1-55H. The summed E-state index contributed by atoms with van der Waals surface area (Å²) in [5, 5.41) is 15.2. The first-order valence-corrected chi connectivity index (χ1v) is 37.0. The molecule has 0 aliphatic heterocycles. The van der Waals surface area contributed by atoms with Gasteiger partial charge in [0, 0.05) is 127 Å². The van der Waals surface area contributed by atoms with Crippen molar-refractivity contribution in [1.82, 2.24) is 23.7 Å². The summed E-state index contributed by atoms with van der Waals surface area (Å²) in [5.74, 6) is 0.651. The highest BCUT2D eigenvalue weighted by Crippen LogP contribution is 2.45. The molecule has 474 valence electrons. The van der Waals surface area contributed by atoms with Crippen LogP contribution in [-0.4, -0.2) is 23.7 Å². The predicted octanol–water partition coefficient (Wildman–Crippen LogP) is 26.9. The Morgan fingerprint density at radius 3 is 0.755 bits per heavy atom. The maximum atomic E-state index is 5.48. The van der Waals surface area contributed by atoms with Crippen LogP contribution in [0, 0.1) is 0 Å². The summed E-state index contributed by atoms with van der Waals surface area (Å²) < 4.78 is 15.1. The highest BCUT2D eigenvalue weighted by molar-refractivity contribution is 7.26. The molecule has 0 amide bonds. The molecule has 0 saturated carbocycles. The number of fused-ring (bicyclic) bond motifs is 18. The molecule has 0 aliphatic rings. The largest absolute Gasteiger partial charge is 0.309 e. The summed E-state index contributed by atoms with van der Waals surface area (Å²) >= 11 is 5.57. The first kappa shape index (κ1) is 57.4. The minimum absolute atomic E-state index is 0.651. The molecule has 0 radical (unpaired) electrons. The first-order valence-electron chi connectivity index (χ1n) is 34.6. The number of benzene rings is 15. The van der Waals surface area contributed by atoms with Crippen molar-refractivity contribution in [3.05, 3.63) is 334 Å². The van der Waals surface area contributed by atoms with Crippen LogP contribution >= 0.6 is 34.0 Å². The fourth-order valence-electron chi connectivity index (χ4n) is 16.2. The average Bonchev–Trinajstić information content (AvgIpc) is 1.59. The number of thiophene rings is 3. The Labute approximate surface area is 597 Å². The lowest BCUT2D eigenvalue weighted by molar-refractivity contribution is 1.16. The number of aromatic nitrogens is 5. The predicted molar refractivity (Wildman–Crippen MR) is 436 cm³/mol. The van der Waals surface area contributed by atoms with E-state index in [4.69, 9.17) is 9.97 Å². The van der Waals surface area contributed by atoms with Crippen molar-refractivity contribution in [2.24, 2.45) is 0 Å². The molecule has 22 rings (SSSR count). The number of hydrogen-bond donors (Lipinski definition) is 0. The second-order valence-electron chi connectivity index (χ2n) is 26.8. The minimum atomic E-state index is 0.651. The van der Waals surface area contributed by atoms with Crippen LogP contribution in [-0.2, 0) is 0 Å². The van der Waals surface area contributed by atoms with Gasteiger partial charge < -0.3 is 13.7 Å². The van der Waals surface area contributed by atoms with Gasteiger partial charge in [0.2, 0.25) is 0 Å². The van der Waals surface area contributed by atoms with Crippen LogP contribution in [0.25, 0.3) is 210 Å². The lowest BCUT2D eigenvalue weighted by atomic mass is 10.0. The molecule has 0 spiro atoms. The first-order chi connectivity index (χ1) is 50.5. The van der Waals surface area contributed by atoms with E-state index in [1.54, 1.807) is 0 Å². The zero-order valence-corrected chi connectivity index (χ0v) is 57.2. The molecule has 0 aliphatic carbocycles. The molecule has 0 saturated heterocycles. The maximum Gasteiger partial charge on any atom is 0.160 e. The van der Waals surface area contributed by atoms with Gasteiger partial charge in [0.1, 0.15) is 0 Å². The molecule has 15 aromatic carbocycles. The van der Waals surface area contributed by atoms with Gasteiger partial charge in [-0.05, 0) is 197 Å². The summed E-state index contributed by atoms with van der Waals surface area (Å²) in [7, 11) is 0. The van der Waals surface area contributed by atoms with Crippen molar-refractivity contribution >= 4 is 160 Å². The van der Waals surface area contributed by atoms with E-state index >= 15 is 0 Å². The van der Waals surface area contributed by atoms with E-state index in [0.717, 1.165) is 78.2 Å². The van der Waals surface area contributed by atoms with Crippen molar-refractivity contribution in [3.63, 3.8) is 0 Å². The van der Waals surface area contributed by atoms with Gasteiger partial charge in [0.15, 0.2) is 5.82 Å². The van der Waals surface area contributed by atoms with Gasteiger partial charge in [0.25, 0.3) is 0 Å². The summed E-state index contributed by atoms with van der Waals surface area (Å²) in [6, 6.07) is 123. The minimum Gasteiger partial charge on any atom is -0.309 e. The molecule has 0 fully saturated rings. The van der Waals surface area contributed by atoms with Gasteiger partial charge in [-0.15, -0.1) is 34.0 Å². The molecular weight excluding hydrogens is 1300 g/mol. The van der Waals surface area contributed by atoms with E-state index in [-0.39, 0.29) is 0 Å². The lowest BCUT2D eigenvalue weighted by Gasteiger charge is -2.13. The van der Waals surface area contributed by atoms with Crippen LogP contribution in [0.4, 0.5) is 0 Å². The topological polar surface area (TPSA) is 40.6 Å². The van der Waals surface area contributed by atoms with E-state index in [1.165, 1.54) is 126 Å². The third kappa shape index (κ3) is 9.00. The third-order valence-corrected chi connectivity index (χ3v) is 24.6. The quantitative estimate of drug-likeness (QED) is 0.144. The van der Waals surface area contributed by atoms with Gasteiger partial charge >= 0.3 is 0 Å². The Balaban J connectivity index is 0.641. The second kappa shape index (κ2) is 22.5. The average molecular weight is 1350 g/mol. The van der Waals surface area contributed by atoms with Crippen LogP contribution in [0.2, 0.25) is 0 Å². The molecule has 22 aromatic rings. The monoisotopic (exact) mass is 1350 g/mol. The smallest absolute Gasteiger partial charge is 0.160 e. The lowest BCUT2D eigenvalue weighted by Crippen LogP contribution is -1.98. The molecule has 7 aromatic heterocycles. The molecule has 0 unspecified atom stereocenters. The zero-order valence-electron chi connectivity index (χ0n) is 54.7. The van der Waals surface area contributed by atoms with Gasteiger partial charge in [-0.2, -0.15) is 0 Å². The molecule has 0 N–H and O–H groups in total. The van der Waals surface area contributed by atoms with Crippen molar-refractivity contribution in [1.29, 1.82) is 0 Å². The Morgan fingerprint density at radius 1 is 0.176 bits per heavy atom. The SMILES string of the molecule is c1ccc2c(c1)sc1ccc(-c3ccc4c(c3)c3ccccc3n4-c3ccc(-c4cc(-c5ccc(-n6c7ccccc7c7cc(-c8ccc9sc%10ccccc%10c9c8)ccc76)cc5)nc(-c5ccc(-n6c7ccccc7c7cc(-c8ccc9sc%10ccccc%10c9c8)ccc76)cc5)n4)cc3)cc12. The Bertz CT molecular complexity index is 6540. The van der Waals surface area contributed by atoms with Crippen LogP contribution in [0.5, 0.6) is 0 Å². The maximum absolute atomic E-state index is 5.48. The molecule has 8 heteroatoms. The second-order valence-corrected chi connectivity index (χ2v) is 30.0. The van der Waals surface area contributed by atoms with E-state index in [2.05, 4.69) is 347 Å². The Morgan fingerprint density at radius 2 is 0.422 bits per heavy atom. The fraction of sp³-hybridized carbons (Fsp3) is 0. The van der Waals surface area contributed by atoms with Gasteiger partial charge in [-0.3, -0.25) is 0 Å². The van der Waals surface area contributed by atoms with Gasteiger partial charge in [0.05, 0.1) is 44.5 Å². The molecule has 0 atom stereocenters. The summed E-state index contributed by atoms with van der Waals surface area (Å²) in [6.07, 6.45) is 0. The fourth-order valence-corrected chi connectivity index (χ4v) is 19.5. The number of nitrogens with zero attached hydrogens (tertiary/aromatic N) is 5. The van der Waals surface area contributed by atoms with Gasteiger partial charge in [-0.1, -0.05) is 170 Å². The van der Waals surface area contributed by atoms with E-state index < -0.39 is 0 Å². The molecule has 102 heavy (non-hydrogen) atoms. The van der Waals surface area contributed by atoms with Crippen LogP contribution in [0.1, 0.15) is 0 Å². The highest BCUT2D eigenvalue weighted by Gasteiger charge is 2.21. The normalized spacial score (nSPS) is 12.1. The van der Waals surface area contributed by atoms with E-state index in [0.29, 0.717) is 5.82 Å². The molecule has 7 heterocycles. The van der Waals surface area contributed by atoms with Crippen molar-refractivity contribution in [2.45, 2.75) is 0 Å². The van der Waals surface area contributed by atoms with E-state index in [9.17, 15) is 0 Å². The van der Waals surface area contributed by atoms with Crippen LogP contribution in [0.3, 0.4) is 0 Å². The highest BCUT2D eigenvalue weighted by atomic mass is 32.1. The molecule has 5 nitrogen and oxygen atoms in total. The Hall–Kier alpha value is -12.6. The number of hydrogen-bond acceptors (Lipinski definition) is 5. The van der Waals surface area contributed by atoms with Crippen LogP contribution in [0.15, 0.2) is 334 Å². The summed E-state index contributed by atoms with van der Waals surface area (Å²) in [5.41, 5.74) is 22.0. The van der Waals surface area contributed by atoms with Crippen molar-refractivity contribution in [3.8, 4) is 84.3 Å². The van der Waals surface area contributed by atoms with Crippen molar-refractivity contribution < 1.29 is 0 Å². The Kier molecular flexibility index (Phi) is 12.6. The molecular formula is C94H55N5S3. The summed E-state index contributed by atoms with van der Waals surface area (Å²) in [6.45, 7) is 0.